The number of imide groups is 1. The molecule has 1 fully saturated rings. The summed E-state index contributed by atoms with van der Waals surface area (Å²) in [5.41, 5.74) is 7.53. The van der Waals surface area contributed by atoms with Crippen molar-refractivity contribution >= 4 is 51.1 Å². The molecule has 2 aliphatic heterocycles. The summed E-state index contributed by atoms with van der Waals surface area (Å²) in [5.74, 6) is 5.43. The number of benzene rings is 2. The van der Waals surface area contributed by atoms with Crippen LogP contribution in [-0.2, 0) is 30.1 Å². The van der Waals surface area contributed by atoms with Crippen LogP contribution in [0.5, 0.6) is 0 Å². The monoisotopic (exact) mass is 694 g/mol. The van der Waals surface area contributed by atoms with Crippen LogP contribution in [0.25, 0.3) is 33.4 Å². The maximum atomic E-state index is 13.0. The summed E-state index contributed by atoms with van der Waals surface area (Å²) < 4.78 is 9.18. The summed E-state index contributed by atoms with van der Waals surface area (Å²) in [4.78, 5) is 65.8. The summed E-state index contributed by atoms with van der Waals surface area (Å²) >= 11 is 0. The van der Waals surface area contributed by atoms with Gasteiger partial charge in [0.05, 0.1) is 41.1 Å². The van der Waals surface area contributed by atoms with Gasteiger partial charge in [0.25, 0.3) is 5.91 Å². The van der Waals surface area contributed by atoms with Gasteiger partial charge in [-0.25, -0.2) is 14.8 Å². The minimum atomic E-state index is -0.439. The number of rotatable bonds is 5. The third-order valence-electron chi connectivity index (χ3n) is 9.81. The molecule has 4 aromatic heterocycles. The molecule has 0 spiro atoms. The summed E-state index contributed by atoms with van der Waals surface area (Å²) in [5, 5.41) is 5.97. The second kappa shape index (κ2) is 13.0. The van der Waals surface area contributed by atoms with Crippen molar-refractivity contribution in [1.29, 1.82) is 0 Å². The maximum Gasteiger partial charge on any atom is 0.328 e. The van der Waals surface area contributed by atoms with Gasteiger partial charge < -0.3 is 14.6 Å². The number of hydrogen-bond acceptors (Lipinski definition) is 9. The van der Waals surface area contributed by atoms with Crippen LogP contribution in [0.4, 0.5) is 11.4 Å². The number of aryl methyl sites for hydroxylation is 4. The van der Waals surface area contributed by atoms with Crippen LogP contribution in [0.15, 0.2) is 70.1 Å². The van der Waals surface area contributed by atoms with Crippen molar-refractivity contribution in [2.45, 2.75) is 38.5 Å². The van der Waals surface area contributed by atoms with E-state index in [-0.39, 0.29) is 42.1 Å². The summed E-state index contributed by atoms with van der Waals surface area (Å²) in [6, 6.07) is 15.1. The van der Waals surface area contributed by atoms with Crippen molar-refractivity contribution < 1.29 is 18.8 Å². The summed E-state index contributed by atoms with van der Waals surface area (Å²) in [7, 11) is 3.55. The maximum absolute atomic E-state index is 13.0. The molecule has 0 saturated carbocycles. The summed E-state index contributed by atoms with van der Waals surface area (Å²) in [6.45, 7) is 2.69. The molecule has 1 unspecified atom stereocenters. The first-order chi connectivity index (χ1) is 25.2. The van der Waals surface area contributed by atoms with Gasteiger partial charge in [0.2, 0.25) is 11.8 Å². The molecular formula is C39H34N8O5. The van der Waals surface area contributed by atoms with Gasteiger partial charge >= 0.3 is 5.69 Å². The number of carbonyl (C=O) groups is 3. The molecule has 6 heterocycles. The molecular weight excluding hydrogens is 660 g/mol. The SMILES string of the molecule is Cc1cc(-c2ncc3c(n2)CCCN3c2ccc3c(c2)n(C)c(=O)n3C)cnc1C(=O)NCC#Cc1cc2c(C3CCC(=O)NC3=O)cccc2o1. The smallest absolute Gasteiger partial charge is 0.328 e. The molecule has 13 heteroatoms. The van der Waals surface area contributed by atoms with Crippen LogP contribution >= 0.6 is 0 Å². The number of fused-ring (bicyclic) bond motifs is 3. The molecule has 1 saturated heterocycles. The Morgan fingerprint density at radius 2 is 1.87 bits per heavy atom. The Bertz CT molecular complexity index is 2590. The number of anilines is 2. The predicted molar refractivity (Wildman–Crippen MR) is 194 cm³/mol. The quantitative estimate of drug-likeness (QED) is 0.200. The second-order valence-electron chi connectivity index (χ2n) is 13.1. The van der Waals surface area contributed by atoms with E-state index in [0.717, 1.165) is 58.4 Å². The molecule has 3 amide bonds. The Morgan fingerprint density at radius 1 is 1.02 bits per heavy atom. The van der Waals surface area contributed by atoms with E-state index in [1.165, 1.54) is 0 Å². The van der Waals surface area contributed by atoms with E-state index in [0.29, 0.717) is 34.7 Å². The average Bonchev–Trinajstić information content (AvgIpc) is 3.66. The van der Waals surface area contributed by atoms with Crippen molar-refractivity contribution in [3.63, 3.8) is 0 Å². The molecule has 1 atom stereocenters. The first kappa shape index (κ1) is 32.6. The van der Waals surface area contributed by atoms with Crippen molar-refractivity contribution in [3.05, 3.63) is 99.7 Å². The van der Waals surface area contributed by atoms with E-state index < -0.39 is 5.92 Å². The van der Waals surface area contributed by atoms with Gasteiger partial charge in [0, 0.05) is 56.0 Å². The lowest BCUT2D eigenvalue weighted by atomic mass is 9.88. The third kappa shape index (κ3) is 5.77. The number of piperidine rings is 1. The van der Waals surface area contributed by atoms with E-state index >= 15 is 0 Å². The fourth-order valence-electron chi connectivity index (χ4n) is 7.13. The third-order valence-corrected chi connectivity index (χ3v) is 9.81. The van der Waals surface area contributed by atoms with E-state index in [1.807, 2.05) is 49.5 Å². The lowest BCUT2D eigenvalue weighted by Gasteiger charge is -2.30. The number of carbonyl (C=O) groups excluding carboxylic acids is 3. The average molecular weight is 695 g/mol. The number of furan rings is 1. The molecule has 260 valence electrons. The number of nitrogens with one attached hydrogen (secondary N) is 2. The van der Waals surface area contributed by atoms with Gasteiger partial charge in [-0.15, -0.1) is 0 Å². The molecule has 8 rings (SSSR count). The van der Waals surface area contributed by atoms with Gasteiger partial charge in [-0.05, 0) is 73.6 Å². The zero-order chi connectivity index (χ0) is 36.1. The highest BCUT2D eigenvalue weighted by molar-refractivity contribution is 6.03. The topological polar surface area (TPSA) is 157 Å². The normalized spacial score (nSPS) is 15.7. The highest BCUT2D eigenvalue weighted by Crippen LogP contribution is 2.35. The number of nitrogens with zero attached hydrogens (tertiary/aromatic N) is 6. The molecule has 6 aromatic rings. The van der Waals surface area contributed by atoms with E-state index in [9.17, 15) is 19.2 Å². The molecule has 2 aromatic carbocycles. The molecule has 0 aliphatic carbocycles. The minimum absolute atomic E-state index is 0.0659. The van der Waals surface area contributed by atoms with E-state index in [2.05, 4.69) is 37.3 Å². The molecule has 2 aliphatic rings. The standard InChI is InChI=1S/C39H34N8O5/c1-22-17-23(36-42-21-32-29(43-36)9-6-16-47(32)24-11-13-30-31(18-24)46(3)39(51)45(30)2)20-41-35(22)38(50)40-15-5-7-25-19-28-26(8-4-10-33(28)52-25)27-12-14-34(48)44-37(27)49/h4,8,10-11,13,17-21,27H,6,9,12,14-16H2,1-3H3,(H,40,50)(H,44,48,49). The van der Waals surface area contributed by atoms with E-state index in [4.69, 9.17) is 9.40 Å². The van der Waals surface area contributed by atoms with Crippen molar-refractivity contribution in [1.82, 2.24) is 34.7 Å². The lowest BCUT2D eigenvalue weighted by molar-refractivity contribution is -0.134. The Labute approximate surface area is 297 Å². The van der Waals surface area contributed by atoms with Crippen LogP contribution in [-0.4, -0.2) is 54.9 Å². The number of hydrogen-bond donors (Lipinski definition) is 2. The zero-order valence-electron chi connectivity index (χ0n) is 28.8. The Morgan fingerprint density at radius 3 is 2.69 bits per heavy atom. The highest BCUT2D eigenvalue weighted by atomic mass is 16.3. The first-order valence-corrected chi connectivity index (χ1v) is 17.1. The Hall–Kier alpha value is -6.55. The summed E-state index contributed by atoms with van der Waals surface area (Å²) in [6.07, 6.45) is 5.87. The van der Waals surface area contributed by atoms with Crippen LogP contribution in [0.3, 0.4) is 0 Å². The van der Waals surface area contributed by atoms with Gasteiger partial charge in [0.1, 0.15) is 11.3 Å². The molecule has 52 heavy (non-hydrogen) atoms. The molecule has 0 bridgehead atoms. The van der Waals surface area contributed by atoms with Crippen molar-refractivity contribution in [3.8, 4) is 23.2 Å². The van der Waals surface area contributed by atoms with Crippen LogP contribution in [0.2, 0.25) is 0 Å². The van der Waals surface area contributed by atoms with Gasteiger partial charge in [-0.1, -0.05) is 18.1 Å². The lowest BCUT2D eigenvalue weighted by Crippen LogP contribution is -2.39. The number of imidazole rings is 1. The number of amides is 3. The van der Waals surface area contributed by atoms with E-state index in [1.54, 1.807) is 41.6 Å². The molecule has 2 N–H and O–H groups in total. The number of aromatic nitrogens is 5. The number of pyridine rings is 1. The minimum Gasteiger partial charge on any atom is -0.448 e. The van der Waals surface area contributed by atoms with Crippen LogP contribution in [0.1, 0.15) is 58.2 Å². The fourth-order valence-corrected chi connectivity index (χ4v) is 7.13. The first-order valence-electron chi connectivity index (χ1n) is 17.1. The zero-order valence-corrected chi connectivity index (χ0v) is 28.8. The van der Waals surface area contributed by atoms with Gasteiger partial charge in [0.15, 0.2) is 11.6 Å². The fraction of sp³-hybridized carbons (Fsp3) is 0.256. The highest BCUT2D eigenvalue weighted by Gasteiger charge is 2.30. The van der Waals surface area contributed by atoms with Crippen molar-refractivity contribution in [2.24, 2.45) is 14.1 Å². The Balaban J connectivity index is 0.947. The van der Waals surface area contributed by atoms with Crippen LogP contribution in [0, 0.1) is 18.8 Å². The van der Waals surface area contributed by atoms with Crippen LogP contribution < -0.4 is 21.2 Å². The van der Waals surface area contributed by atoms with Gasteiger partial charge in [-0.2, -0.15) is 0 Å². The predicted octanol–water partition coefficient (Wildman–Crippen LogP) is 4.17. The van der Waals surface area contributed by atoms with Gasteiger partial charge in [-0.3, -0.25) is 33.8 Å². The second-order valence-corrected chi connectivity index (χ2v) is 13.1. The molecule has 0 radical (unpaired) electrons. The largest absolute Gasteiger partial charge is 0.448 e. The molecule has 13 nitrogen and oxygen atoms in total. The van der Waals surface area contributed by atoms with Crippen molar-refractivity contribution in [2.75, 3.05) is 18.0 Å². The Kier molecular flexibility index (Phi) is 8.14.